The summed E-state index contributed by atoms with van der Waals surface area (Å²) in [5.41, 5.74) is 3.39. The van der Waals surface area contributed by atoms with Crippen LogP contribution in [0.2, 0.25) is 0 Å². The first-order valence-corrected chi connectivity index (χ1v) is 10.4. The highest BCUT2D eigenvalue weighted by molar-refractivity contribution is 5.91. The number of hydrogen-bond donors (Lipinski definition) is 0. The van der Waals surface area contributed by atoms with Crippen LogP contribution in [0.15, 0.2) is 10.2 Å². The van der Waals surface area contributed by atoms with Crippen molar-refractivity contribution in [3.63, 3.8) is 0 Å². The Hall–Kier alpha value is -2.42. The Labute approximate surface area is 171 Å². The lowest BCUT2D eigenvalue weighted by molar-refractivity contribution is 0.122. The normalized spacial score (nSPS) is 21.1. The fourth-order valence-electron chi connectivity index (χ4n) is 3.51. The van der Waals surface area contributed by atoms with E-state index < -0.39 is 0 Å². The molecule has 0 bridgehead atoms. The zero-order chi connectivity index (χ0) is 20.6. The van der Waals surface area contributed by atoms with Crippen molar-refractivity contribution in [2.24, 2.45) is 16.1 Å². The Kier molecular flexibility index (Phi) is 5.33. The van der Waals surface area contributed by atoms with E-state index in [0.29, 0.717) is 25.7 Å². The van der Waals surface area contributed by atoms with Crippen LogP contribution in [0.3, 0.4) is 0 Å². The highest BCUT2D eigenvalue weighted by Crippen LogP contribution is 2.28. The topological polar surface area (TPSA) is 93.7 Å². The quantitative estimate of drug-likeness (QED) is 0.789. The third kappa shape index (κ3) is 4.14. The molecule has 2 aliphatic rings. The number of aromatic nitrogens is 5. The Balaban J connectivity index is 1.78. The van der Waals surface area contributed by atoms with Crippen LogP contribution in [0.1, 0.15) is 53.3 Å². The van der Waals surface area contributed by atoms with Gasteiger partial charge in [0, 0.05) is 24.2 Å². The number of hydrogen-bond acceptors (Lipinski definition) is 8. The molecule has 9 heteroatoms. The van der Waals surface area contributed by atoms with Crippen LogP contribution >= 0.6 is 0 Å². The van der Waals surface area contributed by atoms with Crippen LogP contribution in [0.25, 0.3) is 11.2 Å². The minimum absolute atomic E-state index is 0.182. The minimum Gasteiger partial charge on any atom is -0.378 e. The molecule has 0 radical (unpaired) electrons. The number of fused-ring (bicyclic) bond motifs is 1. The van der Waals surface area contributed by atoms with E-state index in [1.807, 2.05) is 11.6 Å². The molecular weight excluding hydrogens is 368 g/mol. The molecule has 0 spiro atoms. The summed E-state index contributed by atoms with van der Waals surface area (Å²) >= 11 is 0. The predicted octanol–water partition coefficient (Wildman–Crippen LogP) is 2.60. The Morgan fingerprint density at radius 2 is 1.86 bits per heavy atom. The van der Waals surface area contributed by atoms with Gasteiger partial charge in [-0.15, -0.1) is 5.10 Å². The van der Waals surface area contributed by atoms with Gasteiger partial charge in [0.2, 0.25) is 0 Å². The van der Waals surface area contributed by atoms with E-state index in [1.165, 1.54) is 0 Å². The number of ether oxygens (including phenoxy) is 1. The predicted molar refractivity (Wildman–Crippen MR) is 114 cm³/mol. The molecule has 156 valence electrons. The maximum absolute atomic E-state index is 5.51. The van der Waals surface area contributed by atoms with E-state index in [1.54, 1.807) is 0 Å². The molecule has 2 aromatic rings. The van der Waals surface area contributed by atoms with Gasteiger partial charge in [-0.1, -0.05) is 32.9 Å². The van der Waals surface area contributed by atoms with Crippen LogP contribution in [-0.2, 0) is 16.7 Å². The molecule has 1 atom stereocenters. The van der Waals surface area contributed by atoms with E-state index in [2.05, 4.69) is 53.1 Å². The molecular formula is C20H30N8O. The van der Waals surface area contributed by atoms with E-state index in [4.69, 9.17) is 14.7 Å². The fourth-order valence-corrected chi connectivity index (χ4v) is 3.51. The SMILES string of the molecule is CC1=NN=C(Cn2nnc3c(N4CCOCC4)nc(C(C)(C)C)nc32)C(C)CC1. The van der Waals surface area contributed by atoms with Crippen molar-refractivity contribution >= 4 is 28.4 Å². The lowest BCUT2D eigenvalue weighted by Crippen LogP contribution is -2.37. The summed E-state index contributed by atoms with van der Waals surface area (Å²) < 4.78 is 7.36. The molecule has 4 rings (SSSR count). The van der Waals surface area contributed by atoms with Crippen LogP contribution < -0.4 is 4.90 Å². The summed E-state index contributed by atoms with van der Waals surface area (Å²) in [4.78, 5) is 12.0. The second-order valence-electron chi connectivity index (χ2n) is 9.01. The summed E-state index contributed by atoms with van der Waals surface area (Å²) in [5.74, 6) is 1.98. The molecule has 0 amide bonds. The highest BCUT2D eigenvalue weighted by Gasteiger charge is 2.26. The number of anilines is 1. The number of rotatable bonds is 3. The molecule has 0 N–H and O–H groups in total. The largest absolute Gasteiger partial charge is 0.378 e. The second-order valence-corrected chi connectivity index (χ2v) is 9.01. The van der Waals surface area contributed by atoms with Crippen LogP contribution in [0, 0.1) is 5.92 Å². The third-order valence-corrected chi connectivity index (χ3v) is 5.49. The van der Waals surface area contributed by atoms with E-state index >= 15 is 0 Å². The monoisotopic (exact) mass is 398 g/mol. The standard InChI is InChI=1S/C20H30N8O/c1-13-6-7-14(2)23-24-15(13)12-28-18-16(25-26-28)17(27-8-10-29-11-9-27)21-19(22-18)20(3,4)5/h13H,6-12H2,1-5H3. The molecule has 9 nitrogen and oxygen atoms in total. The molecule has 0 saturated carbocycles. The molecule has 1 unspecified atom stereocenters. The van der Waals surface area contributed by atoms with Crippen molar-refractivity contribution in [2.75, 3.05) is 31.2 Å². The number of morpholine rings is 1. The molecule has 1 fully saturated rings. The summed E-state index contributed by atoms with van der Waals surface area (Å²) in [6.45, 7) is 14.1. The van der Waals surface area contributed by atoms with Crippen molar-refractivity contribution in [3.05, 3.63) is 5.82 Å². The zero-order valence-corrected chi connectivity index (χ0v) is 18.0. The molecule has 4 heterocycles. The molecule has 0 aliphatic carbocycles. The van der Waals surface area contributed by atoms with Crippen molar-refractivity contribution in [2.45, 2.75) is 59.4 Å². The van der Waals surface area contributed by atoms with Gasteiger partial charge in [0.05, 0.1) is 25.5 Å². The van der Waals surface area contributed by atoms with E-state index in [-0.39, 0.29) is 5.41 Å². The van der Waals surface area contributed by atoms with Crippen molar-refractivity contribution < 1.29 is 4.74 Å². The lowest BCUT2D eigenvalue weighted by Gasteiger charge is -2.29. The first kappa shape index (κ1) is 19.9. The second kappa shape index (κ2) is 7.78. The molecule has 2 aliphatic heterocycles. The maximum Gasteiger partial charge on any atom is 0.184 e. The van der Waals surface area contributed by atoms with Gasteiger partial charge in [0.25, 0.3) is 0 Å². The van der Waals surface area contributed by atoms with E-state index in [9.17, 15) is 0 Å². The molecule has 0 aromatic carbocycles. The number of nitrogens with zero attached hydrogens (tertiary/aromatic N) is 8. The Morgan fingerprint density at radius 1 is 1.10 bits per heavy atom. The third-order valence-electron chi connectivity index (χ3n) is 5.49. The summed E-state index contributed by atoms with van der Waals surface area (Å²) in [6.07, 6.45) is 2.02. The Bertz CT molecular complexity index is 949. The van der Waals surface area contributed by atoms with Gasteiger partial charge >= 0.3 is 0 Å². The van der Waals surface area contributed by atoms with Gasteiger partial charge < -0.3 is 9.64 Å². The van der Waals surface area contributed by atoms with Crippen molar-refractivity contribution in [1.29, 1.82) is 0 Å². The lowest BCUT2D eigenvalue weighted by atomic mass is 9.95. The first-order valence-electron chi connectivity index (χ1n) is 10.4. The maximum atomic E-state index is 5.51. The van der Waals surface area contributed by atoms with Gasteiger partial charge in [-0.05, 0) is 25.7 Å². The van der Waals surface area contributed by atoms with Gasteiger partial charge in [0.15, 0.2) is 17.0 Å². The Morgan fingerprint density at radius 3 is 2.59 bits per heavy atom. The van der Waals surface area contributed by atoms with Gasteiger partial charge in [-0.2, -0.15) is 10.2 Å². The van der Waals surface area contributed by atoms with Crippen molar-refractivity contribution in [3.8, 4) is 0 Å². The summed E-state index contributed by atoms with van der Waals surface area (Å²) in [7, 11) is 0. The van der Waals surface area contributed by atoms with Gasteiger partial charge in [-0.25, -0.2) is 14.6 Å². The highest BCUT2D eigenvalue weighted by atomic mass is 16.5. The smallest absolute Gasteiger partial charge is 0.184 e. The van der Waals surface area contributed by atoms with Crippen LogP contribution in [-0.4, -0.2) is 62.7 Å². The zero-order valence-electron chi connectivity index (χ0n) is 18.0. The van der Waals surface area contributed by atoms with Gasteiger partial charge in [-0.3, -0.25) is 0 Å². The minimum atomic E-state index is -0.182. The van der Waals surface area contributed by atoms with E-state index in [0.717, 1.165) is 60.2 Å². The summed E-state index contributed by atoms with van der Waals surface area (Å²) in [6, 6.07) is 0. The molecule has 2 aromatic heterocycles. The van der Waals surface area contributed by atoms with Gasteiger partial charge in [0.1, 0.15) is 5.82 Å². The summed E-state index contributed by atoms with van der Waals surface area (Å²) in [5, 5.41) is 17.7. The fraction of sp³-hybridized carbons (Fsp3) is 0.700. The van der Waals surface area contributed by atoms with Crippen LogP contribution in [0.5, 0.6) is 0 Å². The van der Waals surface area contributed by atoms with Crippen LogP contribution in [0.4, 0.5) is 5.82 Å². The van der Waals surface area contributed by atoms with Crippen molar-refractivity contribution in [1.82, 2.24) is 25.0 Å². The molecule has 29 heavy (non-hydrogen) atoms. The molecule has 1 saturated heterocycles. The average molecular weight is 399 g/mol. The average Bonchev–Trinajstić information content (AvgIpc) is 3.03. The first-order chi connectivity index (χ1) is 13.8.